The molecule has 0 aliphatic carbocycles. The lowest BCUT2D eigenvalue weighted by Gasteiger charge is -2.06. The monoisotopic (exact) mass is 282 g/mol. The minimum atomic E-state index is -0.295. The van der Waals surface area contributed by atoms with Crippen LogP contribution in [0.4, 0.5) is 4.39 Å². The first-order chi connectivity index (χ1) is 9.13. The van der Waals surface area contributed by atoms with E-state index in [1.54, 1.807) is 7.05 Å². The second-order valence-corrected chi connectivity index (χ2v) is 5.02. The van der Waals surface area contributed by atoms with Crippen LogP contribution in [0.15, 0.2) is 33.0 Å². The Hall–Kier alpha value is -1.60. The van der Waals surface area contributed by atoms with Crippen LogP contribution in [0.2, 0.25) is 0 Å². The van der Waals surface area contributed by atoms with Gasteiger partial charge in [0, 0.05) is 18.0 Å². The first-order valence-corrected chi connectivity index (χ1v) is 6.72. The minimum Gasteiger partial charge on any atom is -0.316 e. The number of benzene rings is 1. The summed E-state index contributed by atoms with van der Waals surface area (Å²) in [6, 6.07) is 4.80. The molecule has 0 aliphatic heterocycles. The van der Waals surface area contributed by atoms with E-state index in [1.165, 1.54) is 28.5 Å². The molecule has 0 amide bonds. The number of nitrogens with zero attached hydrogens (tertiary/aromatic N) is 2. The van der Waals surface area contributed by atoms with Crippen molar-refractivity contribution in [3.63, 3.8) is 0 Å². The van der Waals surface area contributed by atoms with Crippen molar-refractivity contribution in [1.82, 2.24) is 20.1 Å². The van der Waals surface area contributed by atoms with Gasteiger partial charge in [-0.3, -0.25) is 4.57 Å². The minimum absolute atomic E-state index is 0.253. The summed E-state index contributed by atoms with van der Waals surface area (Å²) in [5.74, 6) is -0.295. The molecule has 2 rings (SSSR count). The van der Waals surface area contributed by atoms with Crippen molar-refractivity contribution in [2.24, 2.45) is 0 Å². The highest BCUT2D eigenvalue weighted by atomic mass is 32.2. The number of rotatable bonds is 5. The number of hydrogen-bond acceptors (Lipinski definition) is 4. The van der Waals surface area contributed by atoms with Crippen LogP contribution in [0, 0.1) is 5.82 Å². The highest BCUT2D eigenvalue weighted by Gasteiger charge is 2.09. The zero-order valence-corrected chi connectivity index (χ0v) is 11.6. The number of H-pyrrole nitrogens is 1. The van der Waals surface area contributed by atoms with Gasteiger partial charge in [-0.2, -0.15) is 0 Å². The van der Waals surface area contributed by atoms with Crippen LogP contribution in [0.1, 0.15) is 12.5 Å². The second-order valence-electron chi connectivity index (χ2n) is 3.98. The van der Waals surface area contributed by atoms with E-state index >= 15 is 0 Å². The molecule has 1 heterocycles. The van der Waals surface area contributed by atoms with E-state index in [-0.39, 0.29) is 11.5 Å². The normalized spacial score (nSPS) is 10.9. The predicted molar refractivity (Wildman–Crippen MR) is 71.8 cm³/mol. The van der Waals surface area contributed by atoms with Gasteiger partial charge in [-0.1, -0.05) is 0 Å². The third-order valence-electron chi connectivity index (χ3n) is 2.56. The van der Waals surface area contributed by atoms with Crippen LogP contribution in [-0.2, 0) is 13.1 Å². The van der Waals surface area contributed by atoms with Crippen molar-refractivity contribution in [3.8, 4) is 0 Å². The average molecular weight is 282 g/mol. The third-order valence-corrected chi connectivity index (χ3v) is 3.53. The fourth-order valence-electron chi connectivity index (χ4n) is 1.75. The molecule has 102 valence electrons. The lowest BCUT2D eigenvalue weighted by Crippen LogP contribution is -2.16. The zero-order valence-electron chi connectivity index (χ0n) is 10.7. The molecule has 0 atom stereocenters. The van der Waals surface area contributed by atoms with Crippen LogP contribution in [0.25, 0.3) is 0 Å². The largest absolute Gasteiger partial charge is 0.343 e. The summed E-state index contributed by atoms with van der Waals surface area (Å²) >= 11 is 1.27. The van der Waals surface area contributed by atoms with Gasteiger partial charge in [0.05, 0.1) is 0 Å². The summed E-state index contributed by atoms with van der Waals surface area (Å²) in [6.07, 6.45) is 0. The van der Waals surface area contributed by atoms with E-state index < -0.39 is 0 Å². The smallest absolute Gasteiger partial charge is 0.316 e. The second kappa shape index (κ2) is 6.03. The summed E-state index contributed by atoms with van der Waals surface area (Å²) in [5.41, 5.74) is 0.600. The Morgan fingerprint density at radius 1 is 1.47 bits per heavy atom. The quantitative estimate of drug-likeness (QED) is 0.874. The maximum absolute atomic E-state index is 13.5. The molecule has 2 N–H and O–H groups in total. The number of nitrogens with one attached hydrogen (secondary N) is 2. The molecule has 1 aromatic heterocycles. The standard InChI is InChI=1S/C12H15FN4OS/c1-3-17-11(18)15-16-12(17)19-10-5-8(7-14-2)4-9(13)6-10/h4-6,14H,3,7H2,1-2H3,(H,15,18). The summed E-state index contributed by atoms with van der Waals surface area (Å²) in [4.78, 5) is 12.2. The van der Waals surface area contributed by atoms with Crippen LogP contribution >= 0.6 is 11.8 Å². The van der Waals surface area contributed by atoms with Gasteiger partial charge in [0.1, 0.15) is 5.82 Å². The van der Waals surface area contributed by atoms with Gasteiger partial charge in [-0.25, -0.2) is 14.3 Å². The van der Waals surface area contributed by atoms with Crippen LogP contribution in [0.5, 0.6) is 0 Å². The van der Waals surface area contributed by atoms with Crippen molar-refractivity contribution in [3.05, 3.63) is 40.1 Å². The number of aromatic nitrogens is 3. The topological polar surface area (TPSA) is 62.7 Å². The molecule has 0 unspecified atom stereocenters. The molecule has 0 spiro atoms. The maximum atomic E-state index is 13.5. The Bertz CT molecular complexity index is 622. The van der Waals surface area contributed by atoms with E-state index in [0.29, 0.717) is 18.2 Å². The fraction of sp³-hybridized carbons (Fsp3) is 0.333. The molecule has 0 bridgehead atoms. The summed E-state index contributed by atoms with van der Waals surface area (Å²) in [7, 11) is 1.81. The van der Waals surface area contributed by atoms with E-state index in [4.69, 9.17) is 0 Å². The molecule has 0 saturated heterocycles. The molecule has 1 aromatic carbocycles. The fourth-order valence-corrected chi connectivity index (χ4v) is 2.76. The molecule has 7 heteroatoms. The molecule has 0 radical (unpaired) electrons. The van der Waals surface area contributed by atoms with E-state index in [0.717, 1.165) is 10.5 Å². The maximum Gasteiger partial charge on any atom is 0.343 e. The Morgan fingerprint density at radius 2 is 2.26 bits per heavy atom. The molecular formula is C12H15FN4OS. The zero-order chi connectivity index (χ0) is 13.8. The number of halogens is 1. The van der Waals surface area contributed by atoms with Crippen molar-refractivity contribution in [2.45, 2.75) is 30.1 Å². The highest BCUT2D eigenvalue weighted by Crippen LogP contribution is 2.26. The first-order valence-electron chi connectivity index (χ1n) is 5.91. The molecule has 2 aromatic rings. The molecule has 5 nitrogen and oxygen atoms in total. The van der Waals surface area contributed by atoms with Crippen LogP contribution in [0.3, 0.4) is 0 Å². The van der Waals surface area contributed by atoms with Crippen molar-refractivity contribution >= 4 is 11.8 Å². The Morgan fingerprint density at radius 3 is 2.95 bits per heavy atom. The van der Waals surface area contributed by atoms with Gasteiger partial charge in [0.15, 0.2) is 5.16 Å². The number of aromatic amines is 1. The molecule has 0 saturated carbocycles. The molecule has 19 heavy (non-hydrogen) atoms. The Labute approximate surface area is 114 Å². The lowest BCUT2D eigenvalue weighted by molar-refractivity contribution is 0.619. The molecule has 0 fully saturated rings. The summed E-state index contributed by atoms with van der Waals surface area (Å²) in [5, 5.41) is 9.84. The van der Waals surface area contributed by atoms with E-state index in [2.05, 4.69) is 15.5 Å². The van der Waals surface area contributed by atoms with Crippen LogP contribution < -0.4 is 11.0 Å². The SMILES string of the molecule is CCn1c(Sc2cc(F)cc(CNC)c2)n[nH]c1=O. The highest BCUT2D eigenvalue weighted by molar-refractivity contribution is 7.99. The average Bonchev–Trinajstić information content (AvgIpc) is 2.69. The first kappa shape index (κ1) is 13.8. The van der Waals surface area contributed by atoms with Gasteiger partial charge in [0.2, 0.25) is 0 Å². The van der Waals surface area contributed by atoms with Crippen LogP contribution in [-0.4, -0.2) is 21.8 Å². The van der Waals surface area contributed by atoms with Crippen molar-refractivity contribution < 1.29 is 4.39 Å². The third kappa shape index (κ3) is 3.24. The Kier molecular flexibility index (Phi) is 4.39. The molecule has 0 aliphatic rings. The Balaban J connectivity index is 2.29. The van der Waals surface area contributed by atoms with Gasteiger partial charge in [-0.15, -0.1) is 5.10 Å². The summed E-state index contributed by atoms with van der Waals surface area (Å²) < 4.78 is 15.0. The lowest BCUT2D eigenvalue weighted by atomic mass is 10.2. The number of hydrogen-bond donors (Lipinski definition) is 2. The summed E-state index contributed by atoms with van der Waals surface area (Å²) in [6.45, 7) is 2.97. The van der Waals surface area contributed by atoms with Crippen molar-refractivity contribution in [2.75, 3.05) is 7.05 Å². The molecular weight excluding hydrogens is 267 g/mol. The van der Waals surface area contributed by atoms with Gasteiger partial charge in [-0.05, 0) is 49.5 Å². The predicted octanol–water partition coefficient (Wildman–Crippen LogP) is 1.60. The van der Waals surface area contributed by atoms with Gasteiger partial charge >= 0.3 is 5.69 Å². The van der Waals surface area contributed by atoms with Gasteiger partial charge < -0.3 is 5.32 Å². The van der Waals surface area contributed by atoms with E-state index in [9.17, 15) is 9.18 Å². The van der Waals surface area contributed by atoms with Crippen molar-refractivity contribution in [1.29, 1.82) is 0 Å². The van der Waals surface area contributed by atoms with Gasteiger partial charge in [0.25, 0.3) is 0 Å². The van der Waals surface area contributed by atoms with E-state index in [1.807, 2.05) is 13.0 Å².